The van der Waals surface area contributed by atoms with Gasteiger partial charge in [0.2, 0.25) is 11.8 Å². The summed E-state index contributed by atoms with van der Waals surface area (Å²) in [7, 11) is 0. The third-order valence-corrected chi connectivity index (χ3v) is 10.0. The minimum absolute atomic E-state index is 0.142. The van der Waals surface area contributed by atoms with Crippen molar-refractivity contribution in [3.8, 4) is 0 Å². The summed E-state index contributed by atoms with van der Waals surface area (Å²) in [6.45, 7) is 3.38. The smallest absolute Gasteiger partial charge is 0.329 e. The zero-order chi connectivity index (χ0) is 27.9. The SMILES string of the molecule is CC(C)[C@@H](C(=O)OCc1ccc(Cl)cc1Cl)N1C(=O)[C@@H]2[C@@H](C1=O)C1(Cl)c3ccccc3C2(Cl)c2ccccc21. The van der Waals surface area contributed by atoms with E-state index in [0.29, 0.717) is 37.9 Å². The molecule has 2 amide bonds. The van der Waals surface area contributed by atoms with Crippen molar-refractivity contribution >= 4 is 64.2 Å². The number of rotatable bonds is 5. The molecule has 9 heteroatoms. The lowest BCUT2D eigenvalue weighted by Crippen LogP contribution is -2.57. The molecule has 0 unspecified atom stereocenters. The second-order valence-electron chi connectivity index (χ2n) is 10.5. The molecule has 5 nitrogen and oxygen atoms in total. The number of nitrogens with zero attached hydrogens (tertiary/aromatic N) is 1. The molecule has 3 aromatic carbocycles. The number of amides is 2. The average Bonchev–Trinajstić information content (AvgIpc) is 3.18. The zero-order valence-electron chi connectivity index (χ0n) is 21.0. The molecule has 3 atom stereocenters. The minimum Gasteiger partial charge on any atom is -0.459 e. The lowest BCUT2D eigenvalue weighted by atomic mass is 9.54. The highest BCUT2D eigenvalue weighted by Crippen LogP contribution is 2.69. The van der Waals surface area contributed by atoms with Gasteiger partial charge in [-0.2, -0.15) is 0 Å². The fourth-order valence-corrected chi connectivity index (χ4v) is 8.07. The molecule has 1 aliphatic heterocycles. The van der Waals surface area contributed by atoms with E-state index in [0.717, 1.165) is 4.90 Å². The predicted molar refractivity (Wildman–Crippen MR) is 150 cm³/mol. The van der Waals surface area contributed by atoms with Gasteiger partial charge in [-0.15, -0.1) is 23.2 Å². The van der Waals surface area contributed by atoms with E-state index in [9.17, 15) is 14.4 Å². The van der Waals surface area contributed by atoms with Crippen molar-refractivity contribution in [2.75, 3.05) is 0 Å². The fourth-order valence-electron chi connectivity index (χ4n) is 6.51. The summed E-state index contributed by atoms with van der Waals surface area (Å²) in [5, 5.41) is 0.795. The second-order valence-corrected chi connectivity index (χ2v) is 12.6. The normalized spacial score (nSPS) is 27.3. The van der Waals surface area contributed by atoms with E-state index in [2.05, 4.69) is 0 Å². The number of benzene rings is 3. The van der Waals surface area contributed by atoms with Gasteiger partial charge in [0.1, 0.15) is 22.4 Å². The molecular weight excluding hydrogens is 580 g/mol. The maximum absolute atomic E-state index is 14.2. The van der Waals surface area contributed by atoms with Crippen LogP contribution in [0.5, 0.6) is 0 Å². The molecule has 200 valence electrons. The van der Waals surface area contributed by atoms with Crippen LogP contribution in [0.15, 0.2) is 66.7 Å². The van der Waals surface area contributed by atoms with Crippen molar-refractivity contribution in [3.05, 3.63) is 105 Å². The third kappa shape index (κ3) is 3.56. The van der Waals surface area contributed by atoms with Crippen molar-refractivity contribution in [3.63, 3.8) is 0 Å². The number of likely N-dealkylation sites (tertiary alicyclic amines) is 1. The van der Waals surface area contributed by atoms with Gasteiger partial charge < -0.3 is 4.74 Å². The van der Waals surface area contributed by atoms with E-state index < -0.39 is 51.3 Å². The van der Waals surface area contributed by atoms with Crippen molar-refractivity contribution in [2.24, 2.45) is 17.8 Å². The van der Waals surface area contributed by atoms with Crippen molar-refractivity contribution in [1.29, 1.82) is 0 Å². The zero-order valence-corrected chi connectivity index (χ0v) is 24.0. The van der Waals surface area contributed by atoms with Gasteiger partial charge in [0, 0.05) is 15.6 Å². The van der Waals surface area contributed by atoms with E-state index in [4.69, 9.17) is 51.1 Å². The van der Waals surface area contributed by atoms with Gasteiger partial charge in [0.15, 0.2) is 0 Å². The van der Waals surface area contributed by atoms with Crippen LogP contribution in [0.3, 0.4) is 0 Å². The monoisotopic (exact) mass is 601 g/mol. The molecule has 0 N–H and O–H groups in total. The standard InChI is InChI=1S/C30H23Cl4NO4/c1-15(2)25(28(38)39-14-16-11-12-17(31)13-22(16)32)35-26(36)23-24(27(35)37)30(34)19-8-4-3-7-18(19)29(23,33)20-9-5-6-10-21(20)30/h3-13,15,23-25H,14H2,1-2H3/t23-,24-,25-,29?,30?/m0/s1. The van der Waals surface area contributed by atoms with E-state index in [1.807, 2.05) is 48.5 Å². The number of carbonyl (C=O) groups excluding carboxylic acids is 3. The number of ether oxygens (including phenoxy) is 1. The van der Waals surface area contributed by atoms with Crippen LogP contribution in [0.25, 0.3) is 0 Å². The van der Waals surface area contributed by atoms with Crippen molar-refractivity contribution in [1.82, 2.24) is 4.90 Å². The van der Waals surface area contributed by atoms with Crippen LogP contribution >= 0.6 is 46.4 Å². The Morgan fingerprint density at radius 3 is 1.72 bits per heavy atom. The summed E-state index contributed by atoms with van der Waals surface area (Å²) in [6, 6.07) is 18.5. The Labute approximate surface area is 245 Å². The first kappa shape index (κ1) is 26.6. The molecule has 39 heavy (non-hydrogen) atoms. The maximum atomic E-state index is 14.2. The van der Waals surface area contributed by atoms with Crippen molar-refractivity contribution in [2.45, 2.75) is 36.2 Å². The van der Waals surface area contributed by atoms with Gasteiger partial charge in [-0.1, -0.05) is 91.6 Å². The van der Waals surface area contributed by atoms with E-state index >= 15 is 0 Å². The topological polar surface area (TPSA) is 63.7 Å². The first-order valence-electron chi connectivity index (χ1n) is 12.6. The number of halogens is 4. The number of imide groups is 1. The van der Waals surface area contributed by atoms with E-state index in [1.54, 1.807) is 32.0 Å². The molecule has 1 fully saturated rings. The van der Waals surface area contributed by atoms with Crippen LogP contribution in [-0.4, -0.2) is 28.7 Å². The summed E-state index contributed by atoms with van der Waals surface area (Å²) >= 11 is 27.2. The first-order chi connectivity index (χ1) is 18.5. The van der Waals surface area contributed by atoms with Gasteiger partial charge >= 0.3 is 5.97 Å². The molecule has 1 saturated heterocycles. The highest BCUT2D eigenvalue weighted by molar-refractivity contribution is 6.36. The molecule has 0 aromatic heterocycles. The minimum atomic E-state index is -1.32. The lowest BCUT2D eigenvalue weighted by Gasteiger charge is -2.54. The quantitative estimate of drug-likeness (QED) is 0.186. The average molecular weight is 603 g/mol. The van der Waals surface area contributed by atoms with Crippen LogP contribution in [0.1, 0.15) is 41.7 Å². The van der Waals surface area contributed by atoms with Gasteiger partial charge in [-0.3, -0.25) is 14.5 Å². The molecule has 7 rings (SSSR count). The Bertz CT molecular complexity index is 1430. The fraction of sp³-hybridized carbons (Fsp3) is 0.300. The molecule has 3 aromatic rings. The maximum Gasteiger partial charge on any atom is 0.329 e. The molecular formula is C30H23Cl4NO4. The van der Waals surface area contributed by atoms with Gasteiger partial charge in [-0.25, -0.2) is 4.79 Å². The van der Waals surface area contributed by atoms with Gasteiger partial charge in [-0.05, 0) is 40.3 Å². The lowest BCUT2D eigenvalue weighted by molar-refractivity contribution is -0.162. The van der Waals surface area contributed by atoms with Crippen LogP contribution in [0.2, 0.25) is 10.0 Å². The summed E-state index contributed by atoms with van der Waals surface area (Å²) in [6.07, 6.45) is 0. The van der Waals surface area contributed by atoms with Gasteiger partial charge in [0.25, 0.3) is 0 Å². The molecule has 0 saturated carbocycles. The highest BCUT2D eigenvalue weighted by atomic mass is 35.5. The van der Waals surface area contributed by atoms with Crippen LogP contribution < -0.4 is 0 Å². The molecule has 4 aliphatic rings. The third-order valence-electron chi connectivity index (χ3n) is 8.16. The Morgan fingerprint density at radius 2 is 1.31 bits per heavy atom. The molecule has 2 bridgehead atoms. The first-order valence-corrected chi connectivity index (χ1v) is 14.1. The molecule has 0 spiro atoms. The Morgan fingerprint density at radius 1 is 0.846 bits per heavy atom. The van der Waals surface area contributed by atoms with Gasteiger partial charge in [0.05, 0.1) is 11.8 Å². The van der Waals surface area contributed by atoms with Crippen LogP contribution in [0, 0.1) is 17.8 Å². The number of carbonyl (C=O) groups is 3. The Balaban J connectivity index is 1.41. The number of hydrogen-bond acceptors (Lipinski definition) is 4. The number of hydrogen-bond donors (Lipinski definition) is 0. The predicted octanol–water partition coefficient (Wildman–Crippen LogP) is 6.65. The van der Waals surface area contributed by atoms with Crippen molar-refractivity contribution < 1.29 is 19.1 Å². The Hall–Kier alpha value is -2.57. The van der Waals surface area contributed by atoms with Crippen LogP contribution in [-0.2, 0) is 35.5 Å². The largest absolute Gasteiger partial charge is 0.459 e. The van der Waals surface area contributed by atoms with Crippen LogP contribution in [0.4, 0.5) is 0 Å². The molecule has 3 aliphatic carbocycles. The molecule has 0 radical (unpaired) electrons. The summed E-state index contributed by atoms with van der Waals surface area (Å²) in [4.78, 5) is 40.4. The number of alkyl halides is 2. The highest BCUT2D eigenvalue weighted by Gasteiger charge is 2.74. The number of esters is 1. The van der Waals surface area contributed by atoms with E-state index in [1.165, 1.54) is 0 Å². The second kappa shape index (κ2) is 9.24. The Kier molecular flexibility index (Phi) is 6.31. The molecule has 1 heterocycles. The summed E-state index contributed by atoms with van der Waals surface area (Å²) in [5.74, 6) is -4.21. The summed E-state index contributed by atoms with van der Waals surface area (Å²) in [5.41, 5.74) is 3.35. The van der Waals surface area contributed by atoms with E-state index in [-0.39, 0.29) is 6.61 Å². The summed E-state index contributed by atoms with van der Waals surface area (Å²) < 4.78 is 5.60.